The highest BCUT2D eigenvalue weighted by Gasteiger charge is 2.13. The number of hydrogen-bond acceptors (Lipinski definition) is 4. The summed E-state index contributed by atoms with van der Waals surface area (Å²) in [4.78, 5) is 31.2. The number of hydrogen-bond donors (Lipinski definition) is 2. The number of carbonyl (C=O) groups excluding carboxylic acids is 1. The Balaban J connectivity index is 1.46. The van der Waals surface area contributed by atoms with Crippen molar-refractivity contribution in [3.63, 3.8) is 0 Å². The number of aromatic amines is 1. The largest absolute Gasteiger partial charge is 0.348 e. The Morgan fingerprint density at radius 2 is 1.96 bits per heavy atom. The minimum absolute atomic E-state index is 0.0375. The first kappa shape index (κ1) is 16.8. The lowest BCUT2D eigenvalue weighted by Crippen LogP contribution is -2.33. The van der Waals surface area contributed by atoms with Crippen LogP contribution in [-0.2, 0) is 11.3 Å². The second-order valence-electron chi connectivity index (χ2n) is 6.25. The van der Waals surface area contributed by atoms with Gasteiger partial charge in [0.25, 0.3) is 0 Å². The zero-order chi connectivity index (χ0) is 18.8. The van der Waals surface area contributed by atoms with Gasteiger partial charge in [0.05, 0.1) is 22.8 Å². The summed E-state index contributed by atoms with van der Waals surface area (Å²) in [7, 11) is 0. The first-order chi connectivity index (χ1) is 13.1. The molecule has 4 aromatic rings. The predicted molar refractivity (Wildman–Crippen MR) is 100 cm³/mol. The van der Waals surface area contributed by atoms with E-state index < -0.39 is 0 Å². The van der Waals surface area contributed by atoms with Gasteiger partial charge in [-0.15, -0.1) is 0 Å². The van der Waals surface area contributed by atoms with Gasteiger partial charge >= 0.3 is 5.69 Å². The summed E-state index contributed by atoms with van der Waals surface area (Å²) in [6, 6.07) is 14.8. The van der Waals surface area contributed by atoms with Crippen molar-refractivity contribution in [3.8, 4) is 5.69 Å². The molecule has 8 nitrogen and oxygen atoms in total. The SMILES string of the molecule is CC(NC(=O)Cn1c(=O)[nH]c2ccccc21)c1ccc(-n2cncn2)cc1. The third kappa shape index (κ3) is 3.37. The van der Waals surface area contributed by atoms with Crippen LogP contribution in [0.1, 0.15) is 18.5 Å². The maximum Gasteiger partial charge on any atom is 0.326 e. The minimum Gasteiger partial charge on any atom is -0.348 e. The van der Waals surface area contributed by atoms with E-state index in [1.165, 1.54) is 10.9 Å². The minimum atomic E-state index is -0.295. The molecule has 136 valence electrons. The summed E-state index contributed by atoms with van der Waals surface area (Å²) in [5.74, 6) is -0.227. The molecule has 2 heterocycles. The van der Waals surface area contributed by atoms with E-state index in [9.17, 15) is 9.59 Å². The lowest BCUT2D eigenvalue weighted by Gasteiger charge is -2.15. The molecular formula is C19H18N6O2. The second kappa shape index (κ2) is 6.91. The third-order valence-corrected chi connectivity index (χ3v) is 4.44. The molecule has 8 heteroatoms. The van der Waals surface area contributed by atoms with Crippen molar-refractivity contribution in [3.05, 3.63) is 77.2 Å². The Morgan fingerprint density at radius 3 is 2.70 bits per heavy atom. The number of carbonyl (C=O) groups is 1. The van der Waals surface area contributed by atoms with Gasteiger partial charge in [-0.3, -0.25) is 9.36 Å². The highest BCUT2D eigenvalue weighted by atomic mass is 16.2. The first-order valence-corrected chi connectivity index (χ1v) is 8.54. The lowest BCUT2D eigenvalue weighted by molar-refractivity contribution is -0.122. The van der Waals surface area contributed by atoms with Crippen molar-refractivity contribution in [2.24, 2.45) is 0 Å². The number of aromatic nitrogens is 5. The molecule has 2 aromatic heterocycles. The van der Waals surface area contributed by atoms with Crippen molar-refractivity contribution in [2.45, 2.75) is 19.5 Å². The van der Waals surface area contributed by atoms with Crippen LogP contribution in [0.2, 0.25) is 0 Å². The molecule has 1 unspecified atom stereocenters. The van der Waals surface area contributed by atoms with E-state index in [0.29, 0.717) is 11.0 Å². The molecule has 2 N–H and O–H groups in total. The van der Waals surface area contributed by atoms with Crippen LogP contribution >= 0.6 is 0 Å². The molecule has 0 aliphatic carbocycles. The molecule has 1 amide bonds. The number of amides is 1. The normalized spacial score (nSPS) is 12.2. The molecule has 0 spiro atoms. The van der Waals surface area contributed by atoms with E-state index in [1.54, 1.807) is 11.0 Å². The maximum absolute atomic E-state index is 12.4. The molecule has 0 saturated heterocycles. The van der Waals surface area contributed by atoms with Gasteiger partial charge in [0.1, 0.15) is 19.2 Å². The van der Waals surface area contributed by atoms with E-state index in [2.05, 4.69) is 20.4 Å². The Hall–Kier alpha value is -3.68. The monoisotopic (exact) mass is 362 g/mol. The summed E-state index contributed by atoms with van der Waals surface area (Å²) in [5.41, 5.74) is 2.98. The fraction of sp³-hybridized carbons (Fsp3) is 0.158. The van der Waals surface area contributed by atoms with Crippen molar-refractivity contribution < 1.29 is 4.79 Å². The zero-order valence-electron chi connectivity index (χ0n) is 14.7. The molecule has 0 aliphatic rings. The molecule has 0 saturated carbocycles. The van der Waals surface area contributed by atoms with Gasteiger partial charge in [-0.25, -0.2) is 14.5 Å². The van der Waals surface area contributed by atoms with Crippen LogP contribution in [0.3, 0.4) is 0 Å². The van der Waals surface area contributed by atoms with E-state index >= 15 is 0 Å². The third-order valence-electron chi connectivity index (χ3n) is 4.44. The van der Waals surface area contributed by atoms with Crippen LogP contribution in [0.25, 0.3) is 16.7 Å². The molecule has 1 atom stereocenters. The summed E-state index contributed by atoms with van der Waals surface area (Å²) >= 11 is 0. The molecule has 4 rings (SSSR count). The molecular weight excluding hydrogens is 344 g/mol. The Kier molecular flexibility index (Phi) is 4.29. The van der Waals surface area contributed by atoms with Crippen molar-refractivity contribution in [1.82, 2.24) is 29.6 Å². The smallest absolute Gasteiger partial charge is 0.326 e. The number of imidazole rings is 1. The predicted octanol–water partition coefficient (Wildman–Crippen LogP) is 1.79. The average Bonchev–Trinajstić information content (AvgIpc) is 3.31. The van der Waals surface area contributed by atoms with Gasteiger partial charge in [-0.2, -0.15) is 5.10 Å². The highest BCUT2D eigenvalue weighted by molar-refractivity contribution is 5.80. The van der Waals surface area contributed by atoms with Gasteiger partial charge in [0, 0.05) is 0 Å². The standard InChI is InChI=1S/C19H18N6O2/c1-13(14-6-8-15(9-7-14)25-12-20-11-21-25)22-18(26)10-24-17-5-3-2-4-16(17)23-19(24)27/h2-9,11-13H,10H2,1H3,(H,22,26)(H,23,27). The molecule has 0 fully saturated rings. The van der Waals surface area contributed by atoms with Crippen LogP contribution in [0.5, 0.6) is 0 Å². The average molecular weight is 362 g/mol. The van der Waals surface area contributed by atoms with Crippen molar-refractivity contribution >= 4 is 16.9 Å². The summed E-state index contributed by atoms with van der Waals surface area (Å²) in [6.45, 7) is 1.87. The molecule has 27 heavy (non-hydrogen) atoms. The van der Waals surface area contributed by atoms with Crippen LogP contribution in [-0.4, -0.2) is 30.2 Å². The maximum atomic E-state index is 12.4. The van der Waals surface area contributed by atoms with E-state index in [1.807, 2.05) is 55.5 Å². The van der Waals surface area contributed by atoms with E-state index in [-0.39, 0.29) is 24.2 Å². The van der Waals surface area contributed by atoms with Crippen LogP contribution in [0, 0.1) is 0 Å². The number of nitrogens with zero attached hydrogens (tertiary/aromatic N) is 4. The van der Waals surface area contributed by atoms with Gasteiger partial charge in [-0.1, -0.05) is 24.3 Å². The fourth-order valence-electron chi connectivity index (χ4n) is 3.04. The van der Waals surface area contributed by atoms with Crippen molar-refractivity contribution in [2.75, 3.05) is 0 Å². The number of fused-ring (bicyclic) bond motifs is 1. The highest BCUT2D eigenvalue weighted by Crippen LogP contribution is 2.15. The molecule has 0 radical (unpaired) electrons. The number of nitrogens with one attached hydrogen (secondary N) is 2. The van der Waals surface area contributed by atoms with Gasteiger partial charge in [-0.05, 0) is 36.8 Å². The zero-order valence-corrected chi connectivity index (χ0v) is 14.7. The number of rotatable bonds is 5. The number of para-hydroxylation sites is 2. The molecule has 0 bridgehead atoms. The molecule has 2 aromatic carbocycles. The molecule has 0 aliphatic heterocycles. The van der Waals surface area contributed by atoms with Crippen molar-refractivity contribution in [1.29, 1.82) is 0 Å². The number of benzene rings is 2. The summed E-state index contributed by atoms with van der Waals surface area (Å²) in [6.07, 6.45) is 3.10. The van der Waals surface area contributed by atoms with Crippen LogP contribution in [0.4, 0.5) is 0 Å². The summed E-state index contributed by atoms with van der Waals surface area (Å²) < 4.78 is 3.10. The van der Waals surface area contributed by atoms with Gasteiger partial charge in [0.2, 0.25) is 5.91 Å². The first-order valence-electron chi connectivity index (χ1n) is 8.54. The topological polar surface area (TPSA) is 97.6 Å². The van der Waals surface area contributed by atoms with Gasteiger partial charge in [0.15, 0.2) is 0 Å². The van der Waals surface area contributed by atoms with Gasteiger partial charge < -0.3 is 10.3 Å². The van der Waals surface area contributed by atoms with Crippen LogP contribution in [0.15, 0.2) is 66.0 Å². The Bertz CT molecular complexity index is 1130. The van der Waals surface area contributed by atoms with E-state index in [0.717, 1.165) is 11.3 Å². The van der Waals surface area contributed by atoms with Crippen LogP contribution < -0.4 is 11.0 Å². The second-order valence-corrected chi connectivity index (χ2v) is 6.25. The fourth-order valence-corrected chi connectivity index (χ4v) is 3.04. The summed E-state index contributed by atoms with van der Waals surface area (Å²) in [5, 5.41) is 7.02. The van der Waals surface area contributed by atoms with E-state index in [4.69, 9.17) is 0 Å². The number of H-pyrrole nitrogens is 1. The Morgan fingerprint density at radius 1 is 1.19 bits per heavy atom. The quantitative estimate of drug-likeness (QED) is 0.565. The Labute approximate surface area is 154 Å². The lowest BCUT2D eigenvalue weighted by atomic mass is 10.1.